The highest BCUT2D eigenvalue weighted by atomic mass is 35.5. The van der Waals surface area contributed by atoms with E-state index < -0.39 is 5.54 Å². The lowest BCUT2D eigenvalue weighted by Crippen LogP contribution is -2.51. The standard InChI is InChI=1S/C21H18Cl2N2O2/c1-27-15-10-11-21(19(26)12-15)13-18(20-16(22)8-5-9-17(20)23)24-25(21)14-6-3-2-4-7-14/h2-9,12H,10-11,13H2,1H3. The average Bonchev–Trinajstić information content (AvgIpc) is 3.05. The summed E-state index contributed by atoms with van der Waals surface area (Å²) in [7, 11) is 1.59. The van der Waals surface area contributed by atoms with Gasteiger partial charge in [0.05, 0.1) is 34.3 Å². The molecule has 4 nitrogen and oxygen atoms in total. The highest BCUT2D eigenvalue weighted by Crippen LogP contribution is 2.43. The lowest BCUT2D eigenvalue weighted by atomic mass is 9.79. The van der Waals surface area contributed by atoms with Crippen LogP contribution < -0.4 is 5.01 Å². The summed E-state index contributed by atoms with van der Waals surface area (Å²) in [5.74, 6) is 0.680. The Morgan fingerprint density at radius 3 is 2.41 bits per heavy atom. The summed E-state index contributed by atoms with van der Waals surface area (Å²) in [4.78, 5) is 13.2. The van der Waals surface area contributed by atoms with Gasteiger partial charge in [-0.15, -0.1) is 0 Å². The Kier molecular flexibility index (Phi) is 4.70. The van der Waals surface area contributed by atoms with Crippen LogP contribution in [0.4, 0.5) is 5.69 Å². The zero-order chi connectivity index (χ0) is 19.0. The molecule has 0 fully saturated rings. The van der Waals surface area contributed by atoms with E-state index in [2.05, 4.69) is 0 Å². The molecular weight excluding hydrogens is 383 g/mol. The molecule has 1 heterocycles. The molecule has 138 valence electrons. The van der Waals surface area contributed by atoms with Gasteiger partial charge in [-0.3, -0.25) is 9.80 Å². The smallest absolute Gasteiger partial charge is 0.187 e. The molecule has 1 aliphatic heterocycles. The van der Waals surface area contributed by atoms with Crippen molar-refractivity contribution in [1.29, 1.82) is 0 Å². The maximum atomic E-state index is 13.2. The lowest BCUT2D eigenvalue weighted by molar-refractivity contribution is -0.120. The molecule has 0 saturated heterocycles. The Hall–Kier alpha value is -2.30. The van der Waals surface area contributed by atoms with Crippen LogP contribution in [0, 0.1) is 0 Å². The van der Waals surface area contributed by atoms with E-state index in [-0.39, 0.29) is 5.78 Å². The lowest BCUT2D eigenvalue weighted by Gasteiger charge is -2.38. The number of hydrogen-bond donors (Lipinski definition) is 0. The first-order valence-electron chi connectivity index (χ1n) is 8.71. The molecule has 0 aromatic heterocycles. The number of hydrazone groups is 1. The summed E-state index contributed by atoms with van der Waals surface area (Å²) in [6.45, 7) is 0. The first-order chi connectivity index (χ1) is 13.0. The van der Waals surface area contributed by atoms with Crippen molar-refractivity contribution in [3.8, 4) is 0 Å². The van der Waals surface area contributed by atoms with Gasteiger partial charge in [0.25, 0.3) is 0 Å². The fourth-order valence-electron chi connectivity index (χ4n) is 3.74. The number of methoxy groups -OCH3 is 1. The molecule has 0 N–H and O–H groups in total. The van der Waals surface area contributed by atoms with Crippen LogP contribution in [0.1, 0.15) is 24.8 Å². The van der Waals surface area contributed by atoms with E-state index >= 15 is 0 Å². The number of benzene rings is 2. The van der Waals surface area contributed by atoms with Crippen molar-refractivity contribution in [2.45, 2.75) is 24.8 Å². The van der Waals surface area contributed by atoms with Crippen LogP contribution in [-0.2, 0) is 9.53 Å². The van der Waals surface area contributed by atoms with Crippen LogP contribution in [0.25, 0.3) is 0 Å². The minimum atomic E-state index is -0.790. The van der Waals surface area contributed by atoms with Gasteiger partial charge in [0, 0.05) is 24.5 Å². The van der Waals surface area contributed by atoms with Gasteiger partial charge in [-0.1, -0.05) is 47.5 Å². The molecular formula is C21H18Cl2N2O2. The molecule has 2 aliphatic rings. The van der Waals surface area contributed by atoms with Gasteiger partial charge in [-0.2, -0.15) is 5.10 Å². The topological polar surface area (TPSA) is 41.9 Å². The number of ketones is 1. The Bertz CT molecular complexity index is 936. The van der Waals surface area contributed by atoms with E-state index in [4.69, 9.17) is 33.0 Å². The number of nitrogens with zero attached hydrogens (tertiary/aromatic N) is 2. The second-order valence-corrected chi connectivity index (χ2v) is 7.49. The number of allylic oxidation sites excluding steroid dienone is 1. The Balaban J connectivity index is 1.84. The fraction of sp³-hybridized carbons (Fsp3) is 0.238. The highest BCUT2D eigenvalue weighted by Gasteiger charge is 2.50. The fourth-order valence-corrected chi connectivity index (χ4v) is 4.36. The molecule has 1 spiro atoms. The normalized spacial score (nSPS) is 22.0. The SMILES string of the molecule is COC1=CC(=O)C2(CC1)CC(c1c(Cl)cccc1Cl)=NN2c1ccccc1. The average molecular weight is 401 g/mol. The van der Waals surface area contributed by atoms with E-state index in [1.54, 1.807) is 31.4 Å². The van der Waals surface area contributed by atoms with Gasteiger partial charge in [-0.25, -0.2) is 0 Å². The zero-order valence-electron chi connectivity index (χ0n) is 14.8. The van der Waals surface area contributed by atoms with Crippen molar-refractivity contribution in [2.75, 3.05) is 12.1 Å². The second kappa shape index (κ2) is 7.02. The molecule has 2 aromatic rings. The summed E-state index contributed by atoms with van der Waals surface area (Å²) in [6.07, 6.45) is 3.31. The number of anilines is 1. The summed E-state index contributed by atoms with van der Waals surface area (Å²) in [5.41, 5.74) is 1.48. The first kappa shape index (κ1) is 18.1. The molecule has 27 heavy (non-hydrogen) atoms. The monoisotopic (exact) mass is 400 g/mol. The Morgan fingerprint density at radius 2 is 1.78 bits per heavy atom. The van der Waals surface area contributed by atoms with E-state index in [1.807, 2.05) is 35.3 Å². The van der Waals surface area contributed by atoms with Gasteiger partial charge in [0.15, 0.2) is 5.78 Å². The minimum Gasteiger partial charge on any atom is -0.501 e. The number of halogens is 2. The van der Waals surface area contributed by atoms with Crippen molar-refractivity contribution < 1.29 is 9.53 Å². The van der Waals surface area contributed by atoms with Crippen LogP contribution in [-0.4, -0.2) is 24.1 Å². The maximum absolute atomic E-state index is 13.2. The molecule has 1 atom stereocenters. The van der Waals surface area contributed by atoms with Crippen molar-refractivity contribution in [3.63, 3.8) is 0 Å². The number of rotatable bonds is 3. The molecule has 1 unspecified atom stereocenters. The van der Waals surface area contributed by atoms with Gasteiger partial charge in [0.1, 0.15) is 5.54 Å². The molecule has 1 aliphatic carbocycles. The second-order valence-electron chi connectivity index (χ2n) is 6.68. The van der Waals surface area contributed by atoms with Crippen molar-refractivity contribution in [3.05, 3.63) is 76.0 Å². The zero-order valence-corrected chi connectivity index (χ0v) is 16.3. The van der Waals surface area contributed by atoms with Crippen LogP contribution in [0.2, 0.25) is 10.0 Å². The quantitative estimate of drug-likeness (QED) is 0.707. The van der Waals surface area contributed by atoms with Gasteiger partial charge >= 0.3 is 0 Å². The molecule has 0 saturated carbocycles. The summed E-state index contributed by atoms with van der Waals surface area (Å²) in [5, 5.41) is 7.71. The van der Waals surface area contributed by atoms with Gasteiger partial charge in [0.2, 0.25) is 0 Å². The third-order valence-electron chi connectivity index (χ3n) is 5.14. The van der Waals surface area contributed by atoms with Crippen LogP contribution in [0.5, 0.6) is 0 Å². The van der Waals surface area contributed by atoms with Crippen molar-refractivity contribution in [1.82, 2.24) is 0 Å². The predicted octanol–water partition coefficient (Wildman–Crippen LogP) is 5.24. The number of carbonyl (C=O) groups excluding carboxylic acids is 1. The maximum Gasteiger partial charge on any atom is 0.187 e. The Labute approximate surface area is 168 Å². The molecule has 0 amide bonds. The third kappa shape index (κ3) is 3.03. The molecule has 2 aromatic carbocycles. The van der Waals surface area contributed by atoms with E-state index in [1.165, 1.54) is 0 Å². The van der Waals surface area contributed by atoms with Crippen LogP contribution in [0.3, 0.4) is 0 Å². The molecule has 6 heteroatoms. The third-order valence-corrected chi connectivity index (χ3v) is 5.77. The van der Waals surface area contributed by atoms with Gasteiger partial charge < -0.3 is 4.74 Å². The van der Waals surface area contributed by atoms with E-state index in [9.17, 15) is 4.79 Å². The van der Waals surface area contributed by atoms with Crippen LogP contribution in [0.15, 0.2) is 65.5 Å². The number of carbonyl (C=O) groups is 1. The molecule has 4 rings (SSSR count). The predicted molar refractivity (Wildman–Crippen MR) is 109 cm³/mol. The minimum absolute atomic E-state index is 0.0172. The number of para-hydroxylation sites is 1. The number of hydrogen-bond acceptors (Lipinski definition) is 4. The highest BCUT2D eigenvalue weighted by molar-refractivity contribution is 6.40. The Morgan fingerprint density at radius 1 is 1.07 bits per heavy atom. The summed E-state index contributed by atoms with van der Waals surface area (Å²) >= 11 is 12.8. The van der Waals surface area contributed by atoms with E-state index in [0.717, 1.165) is 11.4 Å². The van der Waals surface area contributed by atoms with Crippen LogP contribution >= 0.6 is 23.2 Å². The molecule has 0 radical (unpaired) electrons. The summed E-state index contributed by atoms with van der Waals surface area (Å²) < 4.78 is 5.30. The largest absolute Gasteiger partial charge is 0.501 e. The molecule has 0 bridgehead atoms. The summed E-state index contributed by atoms with van der Waals surface area (Å²) in [6, 6.07) is 15.1. The number of ether oxygens (including phenoxy) is 1. The van der Waals surface area contributed by atoms with Crippen molar-refractivity contribution >= 4 is 40.4 Å². The van der Waals surface area contributed by atoms with E-state index in [0.29, 0.717) is 40.6 Å². The van der Waals surface area contributed by atoms with Gasteiger partial charge in [-0.05, 0) is 30.7 Å². The van der Waals surface area contributed by atoms with Crippen molar-refractivity contribution in [2.24, 2.45) is 5.10 Å². The first-order valence-corrected chi connectivity index (χ1v) is 9.47.